The van der Waals surface area contributed by atoms with Crippen LogP contribution in [0.5, 0.6) is 5.75 Å². The molecule has 0 unspecified atom stereocenters. The average Bonchev–Trinajstić information content (AvgIpc) is 2.55. The monoisotopic (exact) mass is 304 g/mol. The van der Waals surface area contributed by atoms with Crippen LogP contribution in [-0.2, 0) is 16.0 Å². The van der Waals surface area contributed by atoms with Gasteiger partial charge in [0.1, 0.15) is 5.75 Å². The molecule has 1 aliphatic heterocycles. The second kappa shape index (κ2) is 7.82. The van der Waals surface area contributed by atoms with Crippen molar-refractivity contribution in [2.45, 2.75) is 26.2 Å². The minimum absolute atomic E-state index is 0.0899. The molecule has 0 N–H and O–H groups in total. The highest BCUT2D eigenvalue weighted by molar-refractivity contribution is 5.80. The number of para-hydroxylation sites is 1. The number of hydrogen-bond donors (Lipinski definition) is 0. The van der Waals surface area contributed by atoms with Crippen LogP contribution in [-0.4, -0.2) is 54.9 Å². The number of nitrogens with zero attached hydrogens (tertiary/aromatic N) is 2. The molecular formula is C17H24N2O3. The first-order valence-corrected chi connectivity index (χ1v) is 7.83. The zero-order chi connectivity index (χ0) is 15.9. The fourth-order valence-corrected chi connectivity index (χ4v) is 2.70. The molecule has 1 fully saturated rings. The Morgan fingerprint density at radius 1 is 1.05 bits per heavy atom. The molecule has 0 bridgehead atoms. The Hall–Kier alpha value is -2.04. The van der Waals surface area contributed by atoms with Gasteiger partial charge in [0.05, 0.1) is 13.5 Å². The maximum absolute atomic E-state index is 12.4. The Morgan fingerprint density at radius 2 is 1.64 bits per heavy atom. The molecule has 0 spiro atoms. The van der Waals surface area contributed by atoms with Gasteiger partial charge >= 0.3 is 0 Å². The summed E-state index contributed by atoms with van der Waals surface area (Å²) in [5, 5.41) is 0. The van der Waals surface area contributed by atoms with Crippen LogP contribution in [0, 0.1) is 0 Å². The number of benzene rings is 1. The number of amides is 2. The van der Waals surface area contributed by atoms with E-state index in [1.54, 1.807) is 7.11 Å². The van der Waals surface area contributed by atoms with Crippen LogP contribution in [0.15, 0.2) is 24.3 Å². The lowest BCUT2D eigenvalue weighted by atomic mass is 10.1. The molecular weight excluding hydrogens is 280 g/mol. The maximum Gasteiger partial charge on any atom is 0.227 e. The molecule has 1 aliphatic rings. The van der Waals surface area contributed by atoms with Gasteiger partial charge in [-0.3, -0.25) is 9.59 Å². The molecule has 0 radical (unpaired) electrons. The van der Waals surface area contributed by atoms with Crippen molar-refractivity contribution in [3.8, 4) is 5.75 Å². The Balaban J connectivity index is 1.89. The lowest BCUT2D eigenvalue weighted by molar-refractivity contribution is -0.139. The van der Waals surface area contributed by atoms with E-state index in [1.807, 2.05) is 41.0 Å². The summed E-state index contributed by atoms with van der Waals surface area (Å²) in [6.45, 7) is 4.50. The van der Waals surface area contributed by atoms with E-state index in [9.17, 15) is 9.59 Å². The highest BCUT2D eigenvalue weighted by Gasteiger charge is 2.24. The van der Waals surface area contributed by atoms with Gasteiger partial charge in [0.2, 0.25) is 11.8 Å². The maximum atomic E-state index is 12.4. The molecule has 2 rings (SSSR count). The molecule has 5 nitrogen and oxygen atoms in total. The molecule has 1 saturated heterocycles. The summed E-state index contributed by atoms with van der Waals surface area (Å²) in [5.74, 6) is 1.03. The SMILES string of the molecule is CCCC(=O)N1CCN(C(=O)Cc2ccccc2OC)CC1. The van der Waals surface area contributed by atoms with Crippen LogP contribution in [0.25, 0.3) is 0 Å². The summed E-state index contributed by atoms with van der Waals surface area (Å²) in [6.07, 6.45) is 1.80. The molecule has 1 heterocycles. The van der Waals surface area contributed by atoms with Crippen LogP contribution in [0.2, 0.25) is 0 Å². The summed E-state index contributed by atoms with van der Waals surface area (Å²) in [5.41, 5.74) is 0.902. The van der Waals surface area contributed by atoms with Gasteiger partial charge in [-0.1, -0.05) is 25.1 Å². The third kappa shape index (κ3) is 4.00. The van der Waals surface area contributed by atoms with Crippen LogP contribution < -0.4 is 4.74 Å². The third-order valence-corrected chi connectivity index (χ3v) is 3.98. The van der Waals surface area contributed by atoms with Gasteiger partial charge in [-0.05, 0) is 12.5 Å². The van der Waals surface area contributed by atoms with Crippen molar-refractivity contribution in [1.82, 2.24) is 9.80 Å². The zero-order valence-electron chi connectivity index (χ0n) is 13.4. The summed E-state index contributed by atoms with van der Waals surface area (Å²) in [4.78, 5) is 28.0. The molecule has 2 amide bonds. The van der Waals surface area contributed by atoms with Crippen LogP contribution in [0.3, 0.4) is 0 Å². The number of hydrogen-bond acceptors (Lipinski definition) is 3. The Kier molecular flexibility index (Phi) is 5.81. The molecule has 5 heteroatoms. The van der Waals surface area contributed by atoms with Gasteiger partial charge in [0.15, 0.2) is 0 Å². The van der Waals surface area contributed by atoms with E-state index in [4.69, 9.17) is 4.74 Å². The Morgan fingerprint density at radius 3 is 2.23 bits per heavy atom. The number of methoxy groups -OCH3 is 1. The van der Waals surface area contributed by atoms with Crippen LogP contribution >= 0.6 is 0 Å². The topological polar surface area (TPSA) is 49.9 Å². The predicted molar refractivity (Wildman–Crippen MR) is 84.8 cm³/mol. The first kappa shape index (κ1) is 16.3. The number of rotatable bonds is 5. The number of ether oxygens (including phenoxy) is 1. The fourth-order valence-electron chi connectivity index (χ4n) is 2.70. The Labute approximate surface area is 131 Å². The number of carbonyl (C=O) groups excluding carboxylic acids is 2. The van der Waals surface area contributed by atoms with Gasteiger partial charge in [-0.15, -0.1) is 0 Å². The predicted octanol–water partition coefficient (Wildman–Crippen LogP) is 1.71. The largest absolute Gasteiger partial charge is 0.496 e. The van der Waals surface area contributed by atoms with Crippen molar-refractivity contribution in [2.24, 2.45) is 0 Å². The second-order valence-corrected chi connectivity index (χ2v) is 5.50. The van der Waals surface area contributed by atoms with Gasteiger partial charge < -0.3 is 14.5 Å². The van der Waals surface area contributed by atoms with Gasteiger partial charge in [-0.25, -0.2) is 0 Å². The van der Waals surface area contributed by atoms with Crippen molar-refractivity contribution < 1.29 is 14.3 Å². The zero-order valence-corrected chi connectivity index (χ0v) is 13.4. The van der Waals surface area contributed by atoms with Crippen LogP contribution in [0.4, 0.5) is 0 Å². The second-order valence-electron chi connectivity index (χ2n) is 5.50. The highest BCUT2D eigenvalue weighted by Crippen LogP contribution is 2.19. The average molecular weight is 304 g/mol. The quantitative estimate of drug-likeness (QED) is 0.832. The number of carbonyl (C=O) groups is 2. The van der Waals surface area contributed by atoms with Crippen molar-refractivity contribution in [2.75, 3.05) is 33.3 Å². The van der Waals surface area contributed by atoms with Gasteiger partial charge in [-0.2, -0.15) is 0 Å². The van der Waals surface area contributed by atoms with Crippen molar-refractivity contribution in [1.29, 1.82) is 0 Å². The highest BCUT2D eigenvalue weighted by atomic mass is 16.5. The summed E-state index contributed by atoms with van der Waals surface area (Å²) >= 11 is 0. The standard InChI is InChI=1S/C17H24N2O3/c1-3-6-16(20)18-9-11-19(12-10-18)17(21)13-14-7-4-5-8-15(14)22-2/h4-5,7-8H,3,6,9-13H2,1-2H3. The molecule has 0 atom stereocenters. The summed E-state index contributed by atoms with van der Waals surface area (Å²) < 4.78 is 5.29. The molecule has 1 aromatic rings. The fraction of sp³-hybridized carbons (Fsp3) is 0.529. The third-order valence-electron chi connectivity index (χ3n) is 3.98. The van der Waals surface area contributed by atoms with E-state index in [1.165, 1.54) is 0 Å². The number of piperazine rings is 1. The normalized spacial score (nSPS) is 14.8. The minimum Gasteiger partial charge on any atom is -0.496 e. The van der Waals surface area contributed by atoms with Crippen molar-refractivity contribution >= 4 is 11.8 Å². The molecule has 1 aromatic carbocycles. The minimum atomic E-state index is 0.0899. The van der Waals surface area contributed by atoms with Crippen LogP contribution in [0.1, 0.15) is 25.3 Å². The van der Waals surface area contributed by atoms with E-state index in [2.05, 4.69) is 0 Å². The van der Waals surface area contributed by atoms with Gasteiger partial charge in [0.25, 0.3) is 0 Å². The van der Waals surface area contributed by atoms with E-state index >= 15 is 0 Å². The van der Waals surface area contributed by atoms with E-state index in [-0.39, 0.29) is 11.8 Å². The van der Waals surface area contributed by atoms with E-state index in [0.29, 0.717) is 39.0 Å². The lowest BCUT2D eigenvalue weighted by Crippen LogP contribution is -2.50. The first-order valence-electron chi connectivity index (χ1n) is 7.83. The van der Waals surface area contributed by atoms with Gasteiger partial charge in [0, 0.05) is 38.2 Å². The summed E-state index contributed by atoms with van der Waals surface area (Å²) in [6, 6.07) is 7.58. The lowest BCUT2D eigenvalue weighted by Gasteiger charge is -2.35. The first-order chi connectivity index (χ1) is 10.7. The van der Waals surface area contributed by atoms with E-state index < -0.39 is 0 Å². The smallest absolute Gasteiger partial charge is 0.227 e. The summed E-state index contributed by atoms with van der Waals surface area (Å²) in [7, 11) is 1.61. The molecule has 0 aliphatic carbocycles. The molecule has 120 valence electrons. The Bertz CT molecular complexity index is 522. The van der Waals surface area contributed by atoms with E-state index in [0.717, 1.165) is 17.7 Å². The molecule has 22 heavy (non-hydrogen) atoms. The molecule has 0 saturated carbocycles. The molecule has 0 aromatic heterocycles. The van der Waals surface area contributed by atoms with Crippen molar-refractivity contribution in [3.05, 3.63) is 29.8 Å². The van der Waals surface area contributed by atoms with Crippen molar-refractivity contribution in [3.63, 3.8) is 0 Å².